The van der Waals surface area contributed by atoms with Crippen LogP contribution in [-0.2, 0) is 20.9 Å². The molecule has 1 amide bonds. The zero-order valence-electron chi connectivity index (χ0n) is 12.5. The summed E-state index contributed by atoms with van der Waals surface area (Å²) in [6.45, 7) is 0.0743. The van der Waals surface area contributed by atoms with Crippen LogP contribution in [0.5, 0.6) is 5.75 Å². The third-order valence-corrected chi connectivity index (χ3v) is 2.90. The number of primary amides is 1. The number of esters is 1. The average molecular weight is 311 g/mol. The molecule has 0 fully saturated rings. The average Bonchev–Trinajstić information content (AvgIpc) is 2.58. The molecular weight excluding hydrogens is 294 g/mol. The number of ether oxygens (including phenoxy) is 2. The number of hydrogen-bond donors (Lipinski definition) is 1. The molecule has 0 atom stereocenters. The van der Waals surface area contributed by atoms with Gasteiger partial charge in [-0.1, -0.05) is 42.5 Å². The number of carbonyl (C=O) groups is 2. The second kappa shape index (κ2) is 8.38. The summed E-state index contributed by atoms with van der Waals surface area (Å²) in [5.74, 6) is -0.567. The minimum atomic E-state index is -0.688. The van der Waals surface area contributed by atoms with Gasteiger partial charge in [0.2, 0.25) is 0 Å². The molecule has 0 bridgehead atoms. The number of carbonyl (C=O) groups excluding carboxylic acids is 2. The van der Waals surface area contributed by atoms with Gasteiger partial charge in [0.05, 0.1) is 0 Å². The summed E-state index contributed by atoms with van der Waals surface area (Å²) in [4.78, 5) is 21.8. The fourth-order valence-electron chi connectivity index (χ4n) is 1.77. The summed E-state index contributed by atoms with van der Waals surface area (Å²) in [7, 11) is 0. The van der Waals surface area contributed by atoms with E-state index in [2.05, 4.69) is 4.74 Å². The molecular formula is C18H17NO4. The lowest BCUT2D eigenvalue weighted by atomic mass is 10.2. The Morgan fingerprint density at radius 3 is 2.35 bits per heavy atom. The van der Waals surface area contributed by atoms with Gasteiger partial charge in [0.15, 0.2) is 6.61 Å². The summed E-state index contributed by atoms with van der Waals surface area (Å²) in [5, 5.41) is 0. The lowest BCUT2D eigenvalue weighted by Crippen LogP contribution is -2.19. The fraction of sp³-hybridized carbons (Fsp3) is 0.111. The van der Waals surface area contributed by atoms with Crippen LogP contribution in [0.4, 0.5) is 0 Å². The highest BCUT2D eigenvalue weighted by atomic mass is 16.5. The standard InChI is InChI=1S/C18H17NO4/c19-17(20)13-23-18(21)11-8-14-6-9-16(10-7-14)22-12-15-4-2-1-3-5-15/h1-11H,12-13H2,(H2,19,20)/b11-8+. The largest absolute Gasteiger partial charge is 0.489 e. The van der Waals surface area contributed by atoms with E-state index in [1.54, 1.807) is 6.08 Å². The zero-order valence-corrected chi connectivity index (χ0v) is 12.5. The van der Waals surface area contributed by atoms with Crippen molar-refractivity contribution in [3.05, 3.63) is 71.8 Å². The van der Waals surface area contributed by atoms with E-state index in [-0.39, 0.29) is 0 Å². The van der Waals surface area contributed by atoms with Gasteiger partial charge in [0.1, 0.15) is 12.4 Å². The van der Waals surface area contributed by atoms with Crippen LogP contribution in [0.1, 0.15) is 11.1 Å². The van der Waals surface area contributed by atoms with Crippen molar-refractivity contribution in [2.24, 2.45) is 5.73 Å². The maximum Gasteiger partial charge on any atom is 0.331 e. The molecule has 0 radical (unpaired) electrons. The van der Waals surface area contributed by atoms with Gasteiger partial charge in [-0.15, -0.1) is 0 Å². The smallest absolute Gasteiger partial charge is 0.331 e. The molecule has 0 unspecified atom stereocenters. The summed E-state index contributed by atoms with van der Waals surface area (Å²) in [6, 6.07) is 17.1. The number of nitrogens with two attached hydrogens (primary N) is 1. The first-order valence-electron chi connectivity index (χ1n) is 7.03. The monoisotopic (exact) mass is 311 g/mol. The number of hydrogen-bond acceptors (Lipinski definition) is 4. The van der Waals surface area contributed by atoms with E-state index < -0.39 is 18.5 Å². The maximum atomic E-state index is 11.3. The van der Waals surface area contributed by atoms with Crippen molar-refractivity contribution < 1.29 is 19.1 Å². The molecule has 2 aromatic rings. The Kier molecular flexibility index (Phi) is 5.94. The first-order chi connectivity index (χ1) is 11.1. The fourth-order valence-corrected chi connectivity index (χ4v) is 1.77. The molecule has 118 valence electrons. The maximum absolute atomic E-state index is 11.3. The summed E-state index contributed by atoms with van der Waals surface area (Å²) >= 11 is 0. The van der Waals surface area contributed by atoms with E-state index >= 15 is 0 Å². The van der Waals surface area contributed by atoms with E-state index in [9.17, 15) is 9.59 Å². The summed E-state index contributed by atoms with van der Waals surface area (Å²) in [6.07, 6.45) is 2.83. The molecule has 0 aromatic heterocycles. The first kappa shape index (κ1) is 16.3. The van der Waals surface area contributed by atoms with Crippen molar-refractivity contribution >= 4 is 18.0 Å². The molecule has 0 aliphatic carbocycles. The van der Waals surface area contributed by atoms with Crippen molar-refractivity contribution in [1.29, 1.82) is 0 Å². The minimum Gasteiger partial charge on any atom is -0.489 e. The minimum absolute atomic E-state index is 0.421. The Labute approximate surface area is 134 Å². The summed E-state index contributed by atoms with van der Waals surface area (Å²) < 4.78 is 10.3. The highest BCUT2D eigenvalue weighted by Gasteiger charge is 2.00. The quantitative estimate of drug-likeness (QED) is 0.628. The van der Waals surface area contributed by atoms with Crippen LogP contribution in [0.15, 0.2) is 60.7 Å². The number of benzene rings is 2. The van der Waals surface area contributed by atoms with Gasteiger partial charge in [-0.2, -0.15) is 0 Å². The molecule has 23 heavy (non-hydrogen) atoms. The summed E-state index contributed by atoms with van der Waals surface area (Å²) in [5.41, 5.74) is 6.79. The molecule has 2 rings (SSSR count). The van der Waals surface area contributed by atoms with E-state index in [0.717, 1.165) is 16.9 Å². The van der Waals surface area contributed by atoms with Gasteiger partial charge in [-0.3, -0.25) is 4.79 Å². The molecule has 2 aromatic carbocycles. The SMILES string of the molecule is NC(=O)COC(=O)/C=C/c1ccc(OCc2ccccc2)cc1. The van der Waals surface area contributed by atoms with Gasteiger partial charge in [-0.05, 0) is 29.3 Å². The predicted octanol–water partition coefficient (Wildman–Crippen LogP) is 2.31. The van der Waals surface area contributed by atoms with Crippen LogP contribution in [0.25, 0.3) is 6.08 Å². The molecule has 5 heteroatoms. The Bertz CT molecular complexity index is 678. The molecule has 0 heterocycles. The van der Waals surface area contributed by atoms with E-state index in [1.807, 2.05) is 54.6 Å². The van der Waals surface area contributed by atoms with E-state index in [0.29, 0.717) is 6.61 Å². The van der Waals surface area contributed by atoms with Crippen LogP contribution in [0.3, 0.4) is 0 Å². The molecule has 0 aliphatic heterocycles. The van der Waals surface area contributed by atoms with Crippen LogP contribution in [0, 0.1) is 0 Å². The second-order valence-corrected chi connectivity index (χ2v) is 4.75. The van der Waals surface area contributed by atoms with Crippen LogP contribution < -0.4 is 10.5 Å². The molecule has 2 N–H and O–H groups in total. The van der Waals surface area contributed by atoms with Crippen molar-refractivity contribution in [2.45, 2.75) is 6.61 Å². The van der Waals surface area contributed by atoms with Gasteiger partial charge in [-0.25, -0.2) is 4.79 Å². The Morgan fingerprint density at radius 1 is 1.00 bits per heavy atom. The van der Waals surface area contributed by atoms with Crippen molar-refractivity contribution in [2.75, 3.05) is 6.61 Å². The third-order valence-electron chi connectivity index (χ3n) is 2.90. The van der Waals surface area contributed by atoms with Gasteiger partial charge in [0, 0.05) is 6.08 Å². The Hall–Kier alpha value is -3.08. The normalized spacial score (nSPS) is 10.4. The zero-order chi connectivity index (χ0) is 16.5. The van der Waals surface area contributed by atoms with Crippen molar-refractivity contribution in [3.8, 4) is 5.75 Å². The van der Waals surface area contributed by atoms with Crippen LogP contribution in [-0.4, -0.2) is 18.5 Å². The molecule has 0 spiro atoms. The molecule has 0 saturated carbocycles. The lowest BCUT2D eigenvalue weighted by molar-refractivity contribution is -0.142. The molecule has 5 nitrogen and oxygen atoms in total. The number of amides is 1. The van der Waals surface area contributed by atoms with Gasteiger partial charge in [0.25, 0.3) is 5.91 Å². The van der Waals surface area contributed by atoms with Crippen molar-refractivity contribution in [3.63, 3.8) is 0 Å². The van der Waals surface area contributed by atoms with Crippen LogP contribution >= 0.6 is 0 Å². The lowest BCUT2D eigenvalue weighted by Gasteiger charge is -2.06. The van der Waals surface area contributed by atoms with E-state index in [4.69, 9.17) is 10.5 Å². The number of rotatable bonds is 7. The van der Waals surface area contributed by atoms with Crippen LogP contribution in [0.2, 0.25) is 0 Å². The highest BCUT2D eigenvalue weighted by Crippen LogP contribution is 2.15. The molecule has 0 saturated heterocycles. The predicted molar refractivity (Wildman–Crippen MR) is 86.4 cm³/mol. The van der Waals surface area contributed by atoms with Crippen molar-refractivity contribution in [1.82, 2.24) is 0 Å². The third kappa shape index (κ3) is 6.05. The second-order valence-electron chi connectivity index (χ2n) is 4.75. The Balaban J connectivity index is 1.84. The van der Waals surface area contributed by atoms with E-state index in [1.165, 1.54) is 6.08 Å². The Morgan fingerprint density at radius 2 is 1.70 bits per heavy atom. The highest BCUT2D eigenvalue weighted by molar-refractivity contribution is 5.89. The van der Waals surface area contributed by atoms with Gasteiger partial charge < -0.3 is 15.2 Å². The topological polar surface area (TPSA) is 78.6 Å². The van der Waals surface area contributed by atoms with Gasteiger partial charge >= 0.3 is 5.97 Å². The molecule has 0 aliphatic rings. The first-order valence-corrected chi connectivity index (χ1v) is 7.03.